The fourth-order valence-electron chi connectivity index (χ4n) is 2.35. The number of carbonyl (C=O) groups excluding carboxylic acids is 3. The second-order valence-electron chi connectivity index (χ2n) is 4.45. The molecule has 2 aromatic carbocycles. The molecule has 3 amide bonds. The number of nitrogens with zero attached hydrogens (tertiary/aromatic N) is 1. The van der Waals surface area contributed by atoms with Crippen molar-refractivity contribution in [2.75, 3.05) is 4.42 Å². The number of rotatable bonds is 1. The molecule has 3 rings (SSSR count). The molecule has 1 aliphatic heterocycles. The largest absolute Gasteiger partial charge is 0.288 e. The van der Waals surface area contributed by atoms with Gasteiger partial charge in [0.1, 0.15) is 0 Å². The van der Waals surface area contributed by atoms with Crippen molar-refractivity contribution in [1.29, 1.82) is 0 Å². The van der Waals surface area contributed by atoms with Gasteiger partial charge in [-0.3, -0.25) is 19.7 Å². The Kier molecular flexibility index (Phi) is 2.72. The van der Waals surface area contributed by atoms with Gasteiger partial charge in [0.2, 0.25) is 5.91 Å². The second kappa shape index (κ2) is 4.31. The first kappa shape index (κ1) is 12.6. The van der Waals surface area contributed by atoms with Gasteiger partial charge >= 0.3 is 0 Å². The molecule has 100 valence electrons. The maximum atomic E-state index is 12.1. The summed E-state index contributed by atoms with van der Waals surface area (Å²) in [5.74, 6) is -1.42. The number of hydrogen-bond acceptors (Lipinski definition) is 3. The van der Waals surface area contributed by atoms with Gasteiger partial charge in [0.25, 0.3) is 11.8 Å². The topological polar surface area (TPSA) is 66.5 Å². The third kappa shape index (κ3) is 1.67. The molecule has 0 unspecified atom stereocenters. The predicted molar refractivity (Wildman–Crippen MR) is 74.8 cm³/mol. The van der Waals surface area contributed by atoms with E-state index in [-0.39, 0.29) is 11.3 Å². The Morgan fingerprint density at radius 3 is 2.60 bits per heavy atom. The zero-order valence-electron chi connectivity index (χ0n) is 10.4. The summed E-state index contributed by atoms with van der Waals surface area (Å²) in [4.78, 5) is 35.4. The van der Waals surface area contributed by atoms with Crippen LogP contribution in [-0.2, 0) is 4.79 Å². The van der Waals surface area contributed by atoms with Gasteiger partial charge in [-0.15, -0.1) is 0 Å². The van der Waals surface area contributed by atoms with Crippen molar-refractivity contribution in [2.24, 2.45) is 0 Å². The van der Waals surface area contributed by atoms with E-state index in [9.17, 15) is 14.4 Å². The van der Waals surface area contributed by atoms with Crippen LogP contribution in [0.2, 0.25) is 0 Å². The van der Waals surface area contributed by atoms with Gasteiger partial charge in [0.05, 0.1) is 11.3 Å². The van der Waals surface area contributed by atoms with Crippen molar-refractivity contribution >= 4 is 46.0 Å². The van der Waals surface area contributed by atoms with E-state index >= 15 is 0 Å². The lowest BCUT2D eigenvalue weighted by Crippen LogP contribution is -2.36. The highest BCUT2D eigenvalue weighted by Gasteiger charge is 2.29. The Labute approximate surface area is 119 Å². The van der Waals surface area contributed by atoms with E-state index in [1.165, 1.54) is 6.92 Å². The van der Waals surface area contributed by atoms with Crippen LogP contribution in [0.1, 0.15) is 27.6 Å². The van der Waals surface area contributed by atoms with E-state index < -0.39 is 17.7 Å². The number of halogens is 1. The van der Waals surface area contributed by atoms with Crippen molar-refractivity contribution in [1.82, 2.24) is 5.32 Å². The molecule has 0 aliphatic carbocycles. The highest BCUT2D eigenvalue weighted by Crippen LogP contribution is 2.34. The van der Waals surface area contributed by atoms with E-state index in [0.717, 1.165) is 9.81 Å². The van der Waals surface area contributed by atoms with Gasteiger partial charge in [-0.25, -0.2) is 4.42 Å². The molecule has 2 aromatic rings. The van der Waals surface area contributed by atoms with Crippen molar-refractivity contribution in [2.45, 2.75) is 6.92 Å². The summed E-state index contributed by atoms with van der Waals surface area (Å²) in [5.41, 5.74) is 0.902. The van der Waals surface area contributed by atoms with Crippen molar-refractivity contribution in [3.8, 4) is 0 Å². The molecule has 0 atom stereocenters. The molecule has 5 nitrogen and oxygen atoms in total. The molecule has 20 heavy (non-hydrogen) atoms. The monoisotopic (exact) mass is 288 g/mol. The SMILES string of the molecule is CC(=O)N(Cl)c1ccc2cccc3c2c1C(=O)NC3=O. The highest BCUT2D eigenvalue weighted by molar-refractivity contribution is 6.39. The average molecular weight is 289 g/mol. The Hall–Kier alpha value is -2.40. The smallest absolute Gasteiger partial charge is 0.260 e. The van der Waals surface area contributed by atoms with Gasteiger partial charge in [-0.2, -0.15) is 0 Å². The molecule has 1 N–H and O–H groups in total. The normalized spacial score (nSPS) is 13.3. The summed E-state index contributed by atoms with van der Waals surface area (Å²) >= 11 is 5.92. The Morgan fingerprint density at radius 1 is 1.15 bits per heavy atom. The van der Waals surface area contributed by atoms with Gasteiger partial charge in [0, 0.05) is 29.7 Å². The third-order valence-corrected chi connectivity index (χ3v) is 3.63. The minimum absolute atomic E-state index is 0.239. The van der Waals surface area contributed by atoms with E-state index in [0.29, 0.717) is 10.9 Å². The zero-order valence-corrected chi connectivity index (χ0v) is 11.2. The van der Waals surface area contributed by atoms with Crippen LogP contribution in [0.15, 0.2) is 30.3 Å². The first-order valence-electron chi connectivity index (χ1n) is 5.88. The average Bonchev–Trinajstić information content (AvgIpc) is 2.43. The number of anilines is 1. The summed E-state index contributed by atoms with van der Waals surface area (Å²) in [6, 6.07) is 8.47. The summed E-state index contributed by atoms with van der Waals surface area (Å²) in [6.45, 7) is 1.29. The van der Waals surface area contributed by atoms with E-state index in [4.69, 9.17) is 11.8 Å². The van der Waals surface area contributed by atoms with Crippen molar-refractivity contribution in [3.63, 3.8) is 0 Å². The van der Waals surface area contributed by atoms with Crippen LogP contribution in [0.4, 0.5) is 5.69 Å². The highest BCUT2D eigenvalue weighted by atomic mass is 35.5. The second-order valence-corrected chi connectivity index (χ2v) is 4.78. The molecule has 1 heterocycles. The first-order valence-corrected chi connectivity index (χ1v) is 6.22. The lowest BCUT2D eigenvalue weighted by molar-refractivity contribution is -0.115. The zero-order chi connectivity index (χ0) is 14.4. The third-order valence-electron chi connectivity index (χ3n) is 3.21. The van der Waals surface area contributed by atoms with Gasteiger partial charge in [-0.05, 0) is 17.5 Å². The minimum atomic E-state index is -0.554. The number of imide groups is 1. The fraction of sp³-hybridized carbons (Fsp3) is 0.0714. The molecule has 0 aromatic heterocycles. The molecule has 0 fully saturated rings. The molecule has 0 bridgehead atoms. The number of carbonyl (C=O) groups is 3. The number of benzene rings is 2. The Bertz CT molecular complexity index is 785. The fourth-order valence-corrected chi connectivity index (χ4v) is 2.49. The molecular formula is C14H9ClN2O3. The molecule has 0 spiro atoms. The standard InChI is InChI=1S/C14H9ClN2O3/c1-7(18)17(15)10-6-5-8-3-2-4-9-11(8)12(10)14(20)16-13(9)19/h2-6H,1H3,(H,16,19,20). The molecule has 6 heteroatoms. The number of nitrogens with one attached hydrogen (secondary N) is 1. The maximum absolute atomic E-state index is 12.1. The molecule has 0 saturated heterocycles. The lowest BCUT2D eigenvalue weighted by atomic mass is 9.94. The predicted octanol–water partition coefficient (Wildman–Crippen LogP) is 2.23. The van der Waals surface area contributed by atoms with Gasteiger partial charge < -0.3 is 0 Å². The van der Waals surface area contributed by atoms with E-state index in [1.54, 1.807) is 30.3 Å². The summed E-state index contributed by atoms with van der Waals surface area (Å²) < 4.78 is 0.876. The van der Waals surface area contributed by atoms with Gasteiger partial charge in [-0.1, -0.05) is 18.2 Å². The summed E-state index contributed by atoms with van der Waals surface area (Å²) in [7, 11) is 0. The van der Waals surface area contributed by atoms with Crippen LogP contribution in [0.5, 0.6) is 0 Å². The van der Waals surface area contributed by atoms with Crippen LogP contribution < -0.4 is 9.74 Å². The van der Waals surface area contributed by atoms with Crippen LogP contribution in [0.25, 0.3) is 10.8 Å². The van der Waals surface area contributed by atoms with E-state index in [1.807, 2.05) is 0 Å². The Morgan fingerprint density at radius 2 is 1.90 bits per heavy atom. The lowest BCUT2D eigenvalue weighted by Gasteiger charge is -2.22. The van der Waals surface area contributed by atoms with Gasteiger partial charge in [0.15, 0.2) is 0 Å². The van der Waals surface area contributed by atoms with Crippen LogP contribution in [-0.4, -0.2) is 17.7 Å². The molecule has 0 radical (unpaired) electrons. The Balaban J connectivity index is 2.43. The summed E-state index contributed by atoms with van der Waals surface area (Å²) in [5, 5.41) is 3.52. The van der Waals surface area contributed by atoms with Crippen LogP contribution >= 0.6 is 11.8 Å². The summed E-state index contributed by atoms with van der Waals surface area (Å²) in [6.07, 6.45) is 0. The quantitative estimate of drug-likeness (QED) is 0.646. The van der Waals surface area contributed by atoms with E-state index in [2.05, 4.69) is 5.32 Å². The van der Waals surface area contributed by atoms with Crippen LogP contribution in [0.3, 0.4) is 0 Å². The molecular weight excluding hydrogens is 280 g/mol. The molecule has 1 aliphatic rings. The van der Waals surface area contributed by atoms with Crippen LogP contribution in [0, 0.1) is 0 Å². The van der Waals surface area contributed by atoms with Crippen molar-refractivity contribution in [3.05, 3.63) is 41.5 Å². The number of hydrogen-bond donors (Lipinski definition) is 1. The first-order chi connectivity index (χ1) is 9.50. The van der Waals surface area contributed by atoms with Crippen molar-refractivity contribution < 1.29 is 14.4 Å². The minimum Gasteiger partial charge on any atom is -0.288 e. The number of amides is 3. The molecule has 0 saturated carbocycles. The maximum Gasteiger partial charge on any atom is 0.260 e.